The number of nitro benzene ring substituents is 1. The van der Waals surface area contributed by atoms with Gasteiger partial charge in [0.2, 0.25) is 0 Å². The van der Waals surface area contributed by atoms with Crippen LogP contribution in [0, 0.1) is 10.1 Å². The van der Waals surface area contributed by atoms with E-state index < -0.39 is 4.92 Å². The van der Waals surface area contributed by atoms with Gasteiger partial charge in [0.05, 0.1) is 4.92 Å². The number of piperidine rings is 1. The number of carbonyl (C=O) groups excluding carboxylic acids is 1. The summed E-state index contributed by atoms with van der Waals surface area (Å²) in [5, 5.41) is 11.4. The van der Waals surface area contributed by atoms with Crippen molar-refractivity contribution in [3.05, 3.63) is 33.3 Å². The molecule has 1 aromatic rings. The lowest BCUT2D eigenvalue weighted by atomic mass is 10.1. The Morgan fingerprint density at radius 2 is 1.94 bits per heavy atom. The Balaban J connectivity index is 2.33. The lowest BCUT2D eigenvalue weighted by Gasteiger charge is -2.27. The Morgan fingerprint density at radius 1 is 1.29 bits per heavy atom. The van der Waals surface area contributed by atoms with Crippen LogP contribution in [0.3, 0.4) is 0 Å². The number of ketones is 1. The summed E-state index contributed by atoms with van der Waals surface area (Å²) in [5.41, 5.74) is 0.527. The summed E-state index contributed by atoms with van der Waals surface area (Å²) in [6, 6.07) is 4.47. The summed E-state index contributed by atoms with van der Waals surface area (Å²) in [4.78, 5) is 23.5. The van der Waals surface area contributed by atoms with Crippen LogP contribution in [-0.4, -0.2) is 23.8 Å². The fourth-order valence-electron chi connectivity index (χ4n) is 1.90. The van der Waals surface area contributed by atoms with Crippen molar-refractivity contribution in [1.29, 1.82) is 0 Å². The molecule has 0 aromatic heterocycles. The fraction of sp³-hybridized carbons (Fsp3) is 0.364. The molecule has 0 amide bonds. The maximum atomic E-state index is 11.1. The molecule has 1 saturated heterocycles. The monoisotopic (exact) mass is 254 g/mol. The zero-order chi connectivity index (χ0) is 12.4. The van der Waals surface area contributed by atoms with Gasteiger partial charge in [0.1, 0.15) is 11.5 Å². The smallest absolute Gasteiger partial charge is 0.292 e. The SMILES string of the molecule is O=C1CCN(c2cc(Cl)ccc2[N+](=O)[O-])CC1. The molecule has 0 aliphatic carbocycles. The highest BCUT2D eigenvalue weighted by molar-refractivity contribution is 6.31. The van der Waals surface area contributed by atoms with Crippen LogP contribution in [0.2, 0.25) is 5.02 Å². The Labute approximate surface area is 103 Å². The maximum Gasteiger partial charge on any atom is 0.292 e. The van der Waals surface area contributed by atoms with E-state index in [-0.39, 0.29) is 11.5 Å². The lowest BCUT2D eigenvalue weighted by Crippen LogP contribution is -2.34. The molecule has 0 atom stereocenters. The van der Waals surface area contributed by atoms with Gasteiger partial charge in [-0.3, -0.25) is 14.9 Å². The molecule has 1 aliphatic heterocycles. The van der Waals surface area contributed by atoms with Crippen molar-refractivity contribution in [2.45, 2.75) is 12.8 Å². The Hall–Kier alpha value is -1.62. The topological polar surface area (TPSA) is 63.5 Å². The lowest BCUT2D eigenvalue weighted by molar-refractivity contribution is -0.384. The van der Waals surface area contributed by atoms with E-state index in [0.29, 0.717) is 36.6 Å². The molecule has 0 spiro atoms. The van der Waals surface area contributed by atoms with Gasteiger partial charge in [-0.2, -0.15) is 0 Å². The number of nitro groups is 1. The van der Waals surface area contributed by atoms with Gasteiger partial charge in [-0.15, -0.1) is 0 Å². The molecular formula is C11H11ClN2O3. The van der Waals surface area contributed by atoms with E-state index >= 15 is 0 Å². The predicted octanol–water partition coefficient (Wildman–Crippen LogP) is 2.42. The van der Waals surface area contributed by atoms with Crippen molar-refractivity contribution < 1.29 is 9.72 Å². The number of hydrogen-bond acceptors (Lipinski definition) is 4. The standard InChI is InChI=1S/C11H11ClN2O3/c12-8-1-2-10(14(16)17)11(7-8)13-5-3-9(15)4-6-13/h1-2,7H,3-6H2. The van der Waals surface area contributed by atoms with Crippen molar-refractivity contribution in [2.24, 2.45) is 0 Å². The van der Waals surface area contributed by atoms with Crippen LogP contribution in [0.4, 0.5) is 11.4 Å². The van der Waals surface area contributed by atoms with Crippen molar-refractivity contribution in [1.82, 2.24) is 0 Å². The summed E-state index contributed by atoms with van der Waals surface area (Å²) < 4.78 is 0. The van der Waals surface area contributed by atoms with E-state index in [1.165, 1.54) is 12.1 Å². The van der Waals surface area contributed by atoms with Gasteiger partial charge in [-0.05, 0) is 12.1 Å². The van der Waals surface area contributed by atoms with Gasteiger partial charge in [0.25, 0.3) is 5.69 Å². The summed E-state index contributed by atoms with van der Waals surface area (Å²) in [7, 11) is 0. The summed E-state index contributed by atoms with van der Waals surface area (Å²) in [6.07, 6.45) is 0.868. The number of rotatable bonds is 2. The second kappa shape index (κ2) is 4.71. The van der Waals surface area contributed by atoms with E-state index in [2.05, 4.69) is 0 Å². The minimum Gasteiger partial charge on any atom is -0.365 e. The number of benzene rings is 1. The number of Topliss-reactive ketones (excluding diaryl/α,β-unsaturated/α-hetero) is 1. The fourth-order valence-corrected chi connectivity index (χ4v) is 2.07. The molecule has 1 heterocycles. The number of hydrogen-bond donors (Lipinski definition) is 0. The molecule has 0 bridgehead atoms. The van der Waals surface area contributed by atoms with Crippen LogP contribution in [0.25, 0.3) is 0 Å². The normalized spacial score (nSPS) is 16.1. The number of carbonyl (C=O) groups is 1. The van der Waals surface area contributed by atoms with Crippen molar-refractivity contribution >= 4 is 28.8 Å². The third kappa shape index (κ3) is 2.55. The van der Waals surface area contributed by atoms with Crippen LogP contribution >= 0.6 is 11.6 Å². The highest BCUT2D eigenvalue weighted by Gasteiger charge is 2.23. The molecule has 90 valence electrons. The maximum absolute atomic E-state index is 11.1. The first kappa shape index (κ1) is 11.9. The zero-order valence-corrected chi connectivity index (χ0v) is 9.81. The average Bonchev–Trinajstić information content (AvgIpc) is 2.29. The van der Waals surface area contributed by atoms with Crippen LogP contribution in [0.15, 0.2) is 18.2 Å². The van der Waals surface area contributed by atoms with Crippen LogP contribution < -0.4 is 4.90 Å². The average molecular weight is 255 g/mol. The summed E-state index contributed by atoms with van der Waals surface area (Å²) in [6.45, 7) is 1.03. The van der Waals surface area contributed by atoms with E-state index in [0.717, 1.165) is 0 Å². The second-order valence-electron chi connectivity index (χ2n) is 3.92. The van der Waals surface area contributed by atoms with E-state index in [4.69, 9.17) is 11.6 Å². The molecule has 1 aromatic carbocycles. The molecule has 0 radical (unpaired) electrons. The van der Waals surface area contributed by atoms with Gasteiger partial charge in [0.15, 0.2) is 0 Å². The molecule has 2 rings (SSSR count). The first-order valence-corrected chi connectivity index (χ1v) is 5.66. The van der Waals surface area contributed by atoms with Crippen molar-refractivity contribution in [3.63, 3.8) is 0 Å². The Morgan fingerprint density at radius 3 is 2.53 bits per heavy atom. The van der Waals surface area contributed by atoms with Gasteiger partial charge in [-0.1, -0.05) is 11.6 Å². The first-order chi connectivity index (χ1) is 8.08. The predicted molar refractivity (Wildman–Crippen MR) is 64.6 cm³/mol. The van der Waals surface area contributed by atoms with Crippen LogP contribution in [0.1, 0.15) is 12.8 Å². The number of halogens is 1. The van der Waals surface area contributed by atoms with Gasteiger partial charge in [0, 0.05) is 37.0 Å². The largest absolute Gasteiger partial charge is 0.365 e. The van der Waals surface area contributed by atoms with Gasteiger partial charge < -0.3 is 4.90 Å². The Kier molecular flexibility index (Phi) is 3.28. The molecule has 1 fully saturated rings. The van der Waals surface area contributed by atoms with Crippen molar-refractivity contribution in [3.8, 4) is 0 Å². The molecule has 1 aliphatic rings. The highest BCUT2D eigenvalue weighted by Crippen LogP contribution is 2.32. The molecule has 0 unspecified atom stereocenters. The van der Waals surface area contributed by atoms with Crippen LogP contribution in [-0.2, 0) is 4.79 Å². The van der Waals surface area contributed by atoms with E-state index in [1.54, 1.807) is 6.07 Å². The third-order valence-electron chi connectivity index (χ3n) is 2.80. The highest BCUT2D eigenvalue weighted by atomic mass is 35.5. The molecule has 17 heavy (non-hydrogen) atoms. The first-order valence-electron chi connectivity index (χ1n) is 5.28. The second-order valence-corrected chi connectivity index (χ2v) is 4.35. The Bertz CT molecular complexity index is 466. The van der Waals surface area contributed by atoms with Crippen LogP contribution in [0.5, 0.6) is 0 Å². The third-order valence-corrected chi connectivity index (χ3v) is 3.03. The van der Waals surface area contributed by atoms with Crippen molar-refractivity contribution in [2.75, 3.05) is 18.0 Å². The molecule has 5 nitrogen and oxygen atoms in total. The summed E-state index contributed by atoms with van der Waals surface area (Å²) in [5.74, 6) is 0.200. The molecule has 6 heteroatoms. The minimum atomic E-state index is -0.428. The van der Waals surface area contributed by atoms with E-state index in [1.807, 2.05) is 4.90 Å². The number of anilines is 1. The zero-order valence-electron chi connectivity index (χ0n) is 9.06. The molecule has 0 N–H and O–H groups in total. The molecular weight excluding hydrogens is 244 g/mol. The van der Waals surface area contributed by atoms with E-state index in [9.17, 15) is 14.9 Å². The van der Waals surface area contributed by atoms with Gasteiger partial charge >= 0.3 is 0 Å². The quantitative estimate of drug-likeness (QED) is 0.601. The summed E-state index contributed by atoms with van der Waals surface area (Å²) >= 11 is 5.85. The minimum absolute atomic E-state index is 0.0312. The molecule has 0 saturated carbocycles. The number of nitrogens with zero attached hydrogens (tertiary/aromatic N) is 2. The van der Waals surface area contributed by atoms with Gasteiger partial charge in [-0.25, -0.2) is 0 Å².